The van der Waals surface area contributed by atoms with Gasteiger partial charge in [-0.2, -0.15) is 10.4 Å². The summed E-state index contributed by atoms with van der Waals surface area (Å²) >= 11 is 0. The van der Waals surface area contributed by atoms with E-state index in [1.807, 2.05) is 6.07 Å². The molecule has 1 aliphatic rings. The van der Waals surface area contributed by atoms with E-state index in [4.69, 9.17) is 15.7 Å². The smallest absolute Gasteiger partial charge is 0.163 e. The van der Waals surface area contributed by atoms with Crippen molar-refractivity contribution in [3.05, 3.63) is 11.3 Å². The molecule has 0 saturated carbocycles. The summed E-state index contributed by atoms with van der Waals surface area (Å²) in [6.07, 6.45) is 1.92. The van der Waals surface area contributed by atoms with Crippen LogP contribution >= 0.6 is 0 Å². The molecule has 2 heterocycles. The van der Waals surface area contributed by atoms with Crippen molar-refractivity contribution < 1.29 is 4.74 Å². The fourth-order valence-electron chi connectivity index (χ4n) is 1.53. The zero-order valence-corrected chi connectivity index (χ0v) is 7.08. The average Bonchev–Trinajstić information content (AvgIpc) is 2.71. The SMILES string of the molecule is N#Cc1c(N)n[nH]c1[C@H]1CCCO1. The van der Waals surface area contributed by atoms with Crippen molar-refractivity contribution in [2.24, 2.45) is 0 Å². The zero-order valence-electron chi connectivity index (χ0n) is 7.08. The number of anilines is 1. The van der Waals surface area contributed by atoms with Gasteiger partial charge in [-0.1, -0.05) is 0 Å². The third-order valence-corrected chi connectivity index (χ3v) is 2.19. The standard InChI is InChI=1S/C8H10N4O/c9-4-5-7(11-12-8(5)10)6-2-1-3-13-6/h6H,1-3H2,(H3,10,11,12)/t6-/m1/s1. The van der Waals surface area contributed by atoms with Crippen LogP contribution < -0.4 is 5.73 Å². The maximum Gasteiger partial charge on any atom is 0.163 e. The van der Waals surface area contributed by atoms with E-state index in [-0.39, 0.29) is 11.9 Å². The van der Waals surface area contributed by atoms with E-state index in [9.17, 15) is 0 Å². The van der Waals surface area contributed by atoms with E-state index in [2.05, 4.69) is 10.2 Å². The summed E-state index contributed by atoms with van der Waals surface area (Å²) in [5.74, 6) is 0.257. The van der Waals surface area contributed by atoms with Crippen LogP contribution in [0.4, 0.5) is 5.82 Å². The van der Waals surface area contributed by atoms with Crippen molar-refractivity contribution in [1.82, 2.24) is 10.2 Å². The Morgan fingerprint density at radius 3 is 3.15 bits per heavy atom. The molecule has 0 aromatic carbocycles. The zero-order chi connectivity index (χ0) is 9.26. The molecule has 1 saturated heterocycles. The number of nitrogens with zero attached hydrogens (tertiary/aromatic N) is 2. The van der Waals surface area contributed by atoms with E-state index in [0.29, 0.717) is 5.56 Å². The third-order valence-electron chi connectivity index (χ3n) is 2.19. The van der Waals surface area contributed by atoms with Gasteiger partial charge in [0.15, 0.2) is 5.82 Å². The summed E-state index contributed by atoms with van der Waals surface area (Å²) in [6, 6.07) is 2.02. The van der Waals surface area contributed by atoms with Crippen molar-refractivity contribution in [1.29, 1.82) is 5.26 Å². The minimum atomic E-state index is -0.0283. The van der Waals surface area contributed by atoms with Gasteiger partial charge in [0.05, 0.1) is 5.69 Å². The minimum absolute atomic E-state index is 0.0283. The largest absolute Gasteiger partial charge is 0.381 e. The van der Waals surface area contributed by atoms with Gasteiger partial charge in [-0.3, -0.25) is 5.10 Å². The molecule has 3 N–H and O–H groups in total. The van der Waals surface area contributed by atoms with Crippen LogP contribution in [0, 0.1) is 11.3 Å². The first kappa shape index (κ1) is 8.08. The summed E-state index contributed by atoms with van der Waals surface area (Å²) in [5.41, 5.74) is 6.64. The number of nitrogens with one attached hydrogen (secondary N) is 1. The molecule has 1 aromatic rings. The van der Waals surface area contributed by atoms with Crippen LogP contribution in [0.3, 0.4) is 0 Å². The predicted molar refractivity (Wildman–Crippen MR) is 45.6 cm³/mol. The highest BCUT2D eigenvalue weighted by molar-refractivity contribution is 5.51. The number of H-pyrrole nitrogens is 1. The Morgan fingerprint density at radius 1 is 1.69 bits per heavy atom. The monoisotopic (exact) mass is 178 g/mol. The molecule has 1 atom stereocenters. The van der Waals surface area contributed by atoms with E-state index >= 15 is 0 Å². The Bertz CT molecular complexity index is 346. The van der Waals surface area contributed by atoms with Crippen LogP contribution in [0.5, 0.6) is 0 Å². The Balaban J connectivity index is 2.34. The summed E-state index contributed by atoms with van der Waals surface area (Å²) in [7, 11) is 0. The lowest BCUT2D eigenvalue weighted by molar-refractivity contribution is 0.108. The molecule has 1 aromatic heterocycles. The number of hydrogen-bond acceptors (Lipinski definition) is 4. The third kappa shape index (κ3) is 1.25. The average molecular weight is 178 g/mol. The first-order valence-electron chi connectivity index (χ1n) is 4.18. The lowest BCUT2D eigenvalue weighted by Crippen LogP contribution is -1.99. The highest BCUT2D eigenvalue weighted by Crippen LogP contribution is 2.30. The topological polar surface area (TPSA) is 87.7 Å². The molecule has 5 nitrogen and oxygen atoms in total. The second-order valence-corrected chi connectivity index (χ2v) is 3.01. The predicted octanol–water partition coefficient (Wildman–Crippen LogP) is 0.715. The van der Waals surface area contributed by atoms with Crippen molar-refractivity contribution in [3.8, 4) is 6.07 Å². The number of rotatable bonds is 1. The fourth-order valence-corrected chi connectivity index (χ4v) is 1.53. The van der Waals surface area contributed by atoms with Crippen LogP contribution in [0.2, 0.25) is 0 Å². The second-order valence-electron chi connectivity index (χ2n) is 3.01. The quantitative estimate of drug-likeness (QED) is 0.663. The van der Waals surface area contributed by atoms with Gasteiger partial charge in [0.25, 0.3) is 0 Å². The molecule has 0 amide bonds. The lowest BCUT2D eigenvalue weighted by Gasteiger charge is -2.05. The number of nitrogens with two attached hydrogens (primary N) is 1. The molecule has 0 unspecified atom stereocenters. The highest BCUT2D eigenvalue weighted by Gasteiger charge is 2.24. The number of nitrogen functional groups attached to an aromatic ring is 1. The summed E-state index contributed by atoms with van der Waals surface area (Å²) < 4.78 is 5.42. The van der Waals surface area contributed by atoms with Crippen molar-refractivity contribution in [2.75, 3.05) is 12.3 Å². The van der Waals surface area contributed by atoms with Crippen LogP contribution in [0.25, 0.3) is 0 Å². The molecule has 0 radical (unpaired) electrons. The number of ether oxygens (including phenoxy) is 1. The van der Waals surface area contributed by atoms with Crippen LogP contribution in [-0.2, 0) is 4.74 Å². The molecule has 1 aliphatic heterocycles. The highest BCUT2D eigenvalue weighted by atomic mass is 16.5. The Kier molecular flexibility index (Phi) is 1.91. The summed E-state index contributed by atoms with van der Waals surface area (Å²) in [4.78, 5) is 0. The number of nitriles is 1. The van der Waals surface area contributed by atoms with Crippen LogP contribution in [0.15, 0.2) is 0 Å². The Morgan fingerprint density at radius 2 is 2.54 bits per heavy atom. The molecule has 2 rings (SSSR count). The van der Waals surface area contributed by atoms with Gasteiger partial charge < -0.3 is 10.5 Å². The molecular formula is C8H10N4O. The summed E-state index contributed by atoms with van der Waals surface area (Å²) in [6.45, 7) is 0.745. The maximum absolute atomic E-state index is 8.80. The van der Waals surface area contributed by atoms with E-state index < -0.39 is 0 Å². The van der Waals surface area contributed by atoms with Gasteiger partial charge in [-0.25, -0.2) is 0 Å². The van der Waals surface area contributed by atoms with Crippen molar-refractivity contribution in [3.63, 3.8) is 0 Å². The van der Waals surface area contributed by atoms with Crippen LogP contribution in [0.1, 0.15) is 30.2 Å². The first-order valence-corrected chi connectivity index (χ1v) is 4.18. The molecule has 1 fully saturated rings. The Hall–Kier alpha value is -1.54. The molecule has 0 spiro atoms. The molecule has 0 aliphatic carbocycles. The molecule has 13 heavy (non-hydrogen) atoms. The van der Waals surface area contributed by atoms with Gasteiger partial charge in [-0.05, 0) is 12.8 Å². The lowest BCUT2D eigenvalue weighted by atomic mass is 10.1. The fraction of sp³-hybridized carbons (Fsp3) is 0.500. The number of aromatic nitrogens is 2. The summed E-state index contributed by atoms with van der Waals surface area (Å²) in [5, 5.41) is 15.3. The molecule has 68 valence electrons. The van der Waals surface area contributed by atoms with Crippen molar-refractivity contribution >= 4 is 5.82 Å². The minimum Gasteiger partial charge on any atom is -0.381 e. The van der Waals surface area contributed by atoms with Gasteiger partial charge >= 0.3 is 0 Å². The van der Waals surface area contributed by atoms with Crippen molar-refractivity contribution in [2.45, 2.75) is 18.9 Å². The molecular weight excluding hydrogens is 168 g/mol. The normalized spacial score (nSPS) is 21.6. The van der Waals surface area contributed by atoms with E-state index in [1.54, 1.807) is 0 Å². The molecule has 0 bridgehead atoms. The second kappa shape index (κ2) is 3.07. The van der Waals surface area contributed by atoms with Crippen LogP contribution in [-0.4, -0.2) is 16.8 Å². The Labute approximate surface area is 75.5 Å². The van der Waals surface area contributed by atoms with Gasteiger partial charge in [-0.15, -0.1) is 0 Å². The number of hydrogen-bond donors (Lipinski definition) is 2. The maximum atomic E-state index is 8.80. The van der Waals surface area contributed by atoms with Gasteiger partial charge in [0.2, 0.25) is 0 Å². The first-order chi connectivity index (χ1) is 6.33. The van der Waals surface area contributed by atoms with E-state index in [1.165, 1.54) is 0 Å². The number of aromatic amines is 1. The van der Waals surface area contributed by atoms with Gasteiger partial charge in [0.1, 0.15) is 17.7 Å². The molecule has 5 heteroatoms. The van der Waals surface area contributed by atoms with Gasteiger partial charge in [0, 0.05) is 6.61 Å². The van der Waals surface area contributed by atoms with E-state index in [0.717, 1.165) is 25.1 Å².